The van der Waals surface area contributed by atoms with Gasteiger partial charge in [-0.2, -0.15) is 0 Å². The lowest BCUT2D eigenvalue weighted by molar-refractivity contribution is 0.0504. The molecule has 0 saturated carbocycles. The molecule has 6 heteroatoms. The van der Waals surface area contributed by atoms with Crippen molar-refractivity contribution < 1.29 is 17.9 Å². The lowest BCUT2D eigenvalue weighted by Crippen LogP contribution is -2.16. The zero-order chi connectivity index (χ0) is 13.9. The van der Waals surface area contributed by atoms with E-state index in [2.05, 4.69) is 0 Å². The molecule has 1 aromatic rings. The number of carbonyl (C=O) groups excluding carboxylic acids is 1. The molecule has 5 nitrogen and oxygen atoms in total. The highest BCUT2D eigenvalue weighted by molar-refractivity contribution is 7.89. The predicted octanol–water partition coefficient (Wildman–Crippen LogP) is 1.52. The molecule has 0 unspecified atom stereocenters. The van der Waals surface area contributed by atoms with Crippen LogP contribution in [0, 0.1) is 13.8 Å². The fourth-order valence-corrected chi connectivity index (χ4v) is 2.40. The van der Waals surface area contributed by atoms with Crippen LogP contribution in [0.3, 0.4) is 0 Å². The van der Waals surface area contributed by atoms with Crippen LogP contribution in [0.4, 0.5) is 0 Å². The predicted molar refractivity (Wildman–Crippen MR) is 67.9 cm³/mol. The molecule has 0 bridgehead atoms. The summed E-state index contributed by atoms with van der Waals surface area (Å²) in [6.45, 7) is 5.55. The van der Waals surface area contributed by atoms with Gasteiger partial charge in [-0.15, -0.1) is 0 Å². The third kappa shape index (κ3) is 3.30. The number of sulfonamides is 1. The van der Waals surface area contributed by atoms with Gasteiger partial charge in [0.25, 0.3) is 0 Å². The first-order chi connectivity index (χ1) is 8.27. The molecule has 0 fully saturated rings. The second-order valence-electron chi connectivity index (χ2n) is 4.10. The second kappa shape index (κ2) is 5.49. The molecule has 0 aliphatic heterocycles. The van der Waals surface area contributed by atoms with Gasteiger partial charge in [0, 0.05) is 0 Å². The number of aryl methyl sites for hydroxylation is 1. The van der Waals surface area contributed by atoms with Gasteiger partial charge >= 0.3 is 5.97 Å². The van der Waals surface area contributed by atoms with Gasteiger partial charge in [-0.1, -0.05) is 6.92 Å². The fraction of sp³-hybridized carbons (Fsp3) is 0.417. The molecule has 100 valence electrons. The molecular formula is C12H17NO4S. The van der Waals surface area contributed by atoms with E-state index in [-0.39, 0.29) is 10.5 Å². The van der Waals surface area contributed by atoms with Gasteiger partial charge in [0.1, 0.15) is 0 Å². The van der Waals surface area contributed by atoms with Crippen LogP contribution in [-0.4, -0.2) is 21.0 Å². The van der Waals surface area contributed by atoms with Crippen LogP contribution < -0.4 is 5.14 Å². The second-order valence-corrected chi connectivity index (χ2v) is 5.63. The molecular weight excluding hydrogens is 254 g/mol. The number of rotatable bonds is 4. The van der Waals surface area contributed by atoms with E-state index < -0.39 is 16.0 Å². The molecule has 18 heavy (non-hydrogen) atoms. The number of nitrogens with two attached hydrogens (primary N) is 1. The van der Waals surface area contributed by atoms with Crippen molar-refractivity contribution >= 4 is 16.0 Å². The van der Waals surface area contributed by atoms with Crippen LogP contribution in [0.15, 0.2) is 17.0 Å². The quantitative estimate of drug-likeness (QED) is 0.841. The Hall–Kier alpha value is -1.40. The average molecular weight is 271 g/mol. The molecule has 0 amide bonds. The minimum absolute atomic E-state index is 0.0362. The van der Waals surface area contributed by atoms with E-state index in [4.69, 9.17) is 9.88 Å². The van der Waals surface area contributed by atoms with Crippen molar-refractivity contribution in [2.75, 3.05) is 6.61 Å². The van der Waals surface area contributed by atoms with Gasteiger partial charge in [0.05, 0.1) is 17.1 Å². The van der Waals surface area contributed by atoms with Gasteiger partial charge in [0.15, 0.2) is 0 Å². The van der Waals surface area contributed by atoms with Crippen molar-refractivity contribution in [3.05, 3.63) is 28.8 Å². The Morgan fingerprint density at radius 1 is 1.33 bits per heavy atom. The van der Waals surface area contributed by atoms with E-state index in [0.29, 0.717) is 24.2 Å². The number of ether oxygens (including phenoxy) is 1. The summed E-state index contributed by atoms with van der Waals surface area (Å²) in [4.78, 5) is 11.7. The Bertz CT molecular complexity index is 564. The molecule has 0 heterocycles. The van der Waals surface area contributed by atoms with Crippen LogP contribution in [0.5, 0.6) is 0 Å². The van der Waals surface area contributed by atoms with Gasteiger partial charge in [0.2, 0.25) is 10.0 Å². The van der Waals surface area contributed by atoms with Crippen LogP contribution in [0.2, 0.25) is 0 Å². The number of benzene rings is 1. The lowest BCUT2D eigenvalue weighted by atomic mass is 10.1. The largest absolute Gasteiger partial charge is 0.462 e. The number of hydrogen-bond donors (Lipinski definition) is 1. The third-order valence-corrected chi connectivity index (χ3v) is 3.64. The minimum Gasteiger partial charge on any atom is -0.462 e. The summed E-state index contributed by atoms with van der Waals surface area (Å²) in [6.07, 6.45) is 0.707. The van der Waals surface area contributed by atoms with Crippen molar-refractivity contribution in [2.45, 2.75) is 32.1 Å². The van der Waals surface area contributed by atoms with Gasteiger partial charge in [-0.3, -0.25) is 0 Å². The summed E-state index contributed by atoms with van der Waals surface area (Å²) >= 11 is 0. The number of carbonyl (C=O) groups is 1. The molecule has 0 atom stereocenters. The maximum absolute atomic E-state index is 11.7. The molecule has 0 saturated heterocycles. The standard InChI is InChI=1S/C12H17NO4S/c1-4-5-17-12(14)10-6-8(2)9(3)11(7-10)18(13,15)16/h6-7H,4-5H2,1-3H3,(H2,13,15,16). The van der Waals surface area contributed by atoms with E-state index in [1.165, 1.54) is 6.07 Å². The Labute approximate surface area is 107 Å². The molecule has 0 aliphatic carbocycles. The normalized spacial score (nSPS) is 11.3. The summed E-state index contributed by atoms with van der Waals surface area (Å²) < 4.78 is 27.8. The van der Waals surface area contributed by atoms with Crippen molar-refractivity contribution in [3.8, 4) is 0 Å². The Morgan fingerprint density at radius 2 is 1.94 bits per heavy atom. The lowest BCUT2D eigenvalue weighted by Gasteiger charge is -2.10. The molecule has 1 rings (SSSR count). The molecule has 2 N–H and O–H groups in total. The smallest absolute Gasteiger partial charge is 0.338 e. The monoisotopic (exact) mass is 271 g/mol. The maximum Gasteiger partial charge on any atom is 0.338 e. The van der Waals surface area contributed by atoms with Crippen molar-refractivity contribution in [1.82, 2.24) is 0 Å². The van der Waals surface area contributed by atoms with Crippen LogP contribution >= 0.6 is 0 Å². The van der Waals surface area contributed by atoms with E-state index in [0.717, 1.165) is 0 Å². The highest BCUT2D eigenvalue weighted by atomic mass is 32.2. The topological polar surface area (TPSA) is 86.5 Å². The van der Waals surface area contributed by atoms with Crippen molar-refractivity contribution in [1.29, 1.82) is 0 Å². The first-order valence-corrected chi connectivity index (χ1v) is 7.13. The maximum atomic E-state index is 11.7. The summed E-state index contributed by atoms with van der Waals surface area (Å²) in [5, 5.41) is 5.12. The van der Waals surface area contributed by atoms with E-state index in [1.54, 1.807) is 19.9 Å². The summed E-state index contributed by atoms with van der Waals surface area (Å²) in [5.74, 6) is -0.537. The number of primary sulfonamides is 1. The molecule has 1 aromatic carbocycles. The minimum atomic E-state index is -3.84. The molecule has 0 spiro atoms. The fourth-order valence-electron chi connectivity index (χ4n) is 1.52. The number of esters is 1. The molecule has 0 aromatic heterocycles. The first kappa shape index (κ1) is 14.7. The van der Waals surface area contributed by atoms with Crippen LogP contribution in [-0.2, 0) is 14.8 Å². The van der Waals surface area contributed by atoms with E-state index in [9.17, 15) is 13.2 Å². The molecule has 0 aliphatic rings. The van der Waals surface area contributed by atoms with Crippen molar-refractivity contribution in [3.63, 3.8) is 0 Å². The Kier molecular flexibility index (Phi) is 4.48. The summed E-state index contributed by atoms with van der Waals surface area (Å²) in [6, 6.07) is 2.86. The van der Waals surface area contributed by atoms with E-state index in [1.807, 2.05) is 6.92 Å². The van der Waals surface area contributed by atoms with Crippen molar-refractivity contribution in [2.24, 2.45) is 5.14 Å². The SMILES string of the molecule is CCCOC(=O)c1cc(C)c(C)c(S(N)(=O)=O)c1. The summed E-state index contributed by atoms with van der Waals surface area (Å²) in [5.41, 5.74) is 1.44. The highest BCUT2D eigenvalue weighted by Crippen LogP contribution is 2.20. The van der Waals surface area contributed by atoms with Gasteiger partial charge in [-0.25, -0.2) is 18.4 Å². The van der Waals surface area contributed by atoms with Crippen LogP contribution in [0.1, 0.15) is 34.8 Å². The van der Waals surface area contributed by atoms with Gasteiger partial charge < -0.3 is 4.74 Å². The van der Waals surface area contributed by atoms with E-state index >= 15 is 0 Å². The first-order valence-electron chi connectivity index (χ1n) is 5.58. The summed E-state index contributed by atoms with van der Waals surface area (Å²) in [7, 11) is -3.84. The highest BCUT2D eigenvalue weighted by Gasteiger charge is 2.17. The average Bonchev–Trinajstić information content (AvgIpc) is 2.27. The number of hydrogen-bond acceptors (Lipinski definition) is 4. The Morgan fingerprint density at radius 3 is 2.44 bits per heavy atom. The van der Waals surface area contributed by atoms with Gasteiger partial charge in [-0.05, 0) is 43.5 Å². The molecule has 0 radical (unpaired) electrons. The van der Waals surface area contributed by atoms with Crippen LogP contribution in [0.25, 0.3) is 0 Å². The third-order valence-electron chi connectivity index (χ3n) is 2.60. The Balaban J connectivity index is 3.25. The zero-order valence-electron chi connectivity index (χ0n) is 10.7. The zero-order valence-corrected chi connectivity index (χ0v) is 11.5.